The van der Waals surface area contributed by atoms with Crippen LogP contribution in [0.5, 0.6) is 0 Å². The monoisotopic (exact) mass is 378 g/mol. The molecule has 2 aromatic carbocycles. The minimum absolute atomic E-state index is 0.0483. The van der Waals surface area contributed by atoms with Gasteiger partial charge in [0.05, 0.1) is 23.5 Å². The Morgan fingerprint density at radius 3 is 2.46 bits per heavy atom. The Balaban J connectivity index is 1.78. The summed E-state index contributed by atoms with van der Waals surface area (Å²) in [5, 5.41) is 20.4. The van der Waals surface area contributed by atoms with E-state index < -0.39 is 17.9 Å². The summed E-state index contributed by atoms with van der Waals surface area (Å²) in [6, 6.07) is 13.8. The summed E-state index contributed by atoms with van der Waals surface area (Å²) in [4.78, 5) is 24.3. The van der Waals surface area contributed by atoms with Gasteiger partial charge in [-0.25, -0.2) is 9.48 Å². The normalized spacial score (nSPS) is 11.8. The van der Waals surface area contributed by atoms with E-state index in [-0.39, 0.29) is 6.42 Å². The summed E-state index contributed by atoms with van der Waals surface area (Å²) in [6.45, 7) is 5.59. The molecule has 2 N–H and O–H groups in total. The molecule has 7 heteroatoms. The lowest BCUT2D eigenvalue weighted by atomic mass is 9.97. The number of aromatic nitrogens is 3. The molecule has 1 aromatic heterocycles. The number of carboxylic acids is 1. The van der Waals surface area contributed by atoms with E-state index >= 15 is 0 Å². The molecule has 3 aromatic rings. The Morgan fingerprint density at radius 2 is 1.79 bits per heavy atom. The van der Waals surface area contributed by atoms with Crippen molar-refractivity contribution in [2.75, 3.05) is 0 Å². The number of nitrogens with zero attached hydrogens (tertiary/aromatic N) is 3. The van der Waals surface area contributed by atoms with Gasteiger partial charge in [-0.3, -0.25) is 4.79 Å². The number of hydrogen-bond donors (Lipinski definition) is 2. The van der Waals surface area contributed by atoms with E-state index in [0.717, 1.165) is 22.5 Å². The van der Waals surface area contributed by atoms with Crippen LogP contribution < -0.4 is 5.32 Å². The molecule has 0 saturated carbocycles. The van der Waals surface area contributed by atoms with E-state index in [2.05, 4.69) is 15.6 Å². The molecule has 144 valence electrons. The Hall–Kier alpha value is -3.48. The Kier molecular flexibility index (Phi) is 5.54. The third-order valence-corrected chi connectivity index (χ3v) is 4.83. The molecule has 0 aliphatic carbocycles. The van der Waals surface area contributed by atoms with Crippen molar-refractivity contribution in [1.29, 1.82) is 0 Å². The first-order chi connectivity index (χ1) is 13.4. The number of carbonyl (C=O) groups excluding carboxylic acids is 1. The molecule has 7 nitrogen and oxygen atoms in total. The van der Waals surface area contributed by atoms with Gasteiger partial charge in [-0.15, -0.1) is 5.10 Å². The highest BCUT2D eigenvalue weighted by atomic mass is 16.4. The average Bonchev–Trinajstić information content (AvgIpc) is 3.03. The summed E-state index contributed by atoms with van der Waals surface area (Å²) < 4.78 is 1.65. The van der Waals surface area contributed by atoms with Gasteiger partial charge in [-0.1, -0.05) is 41.6 Å². The molecule has 1 atom stereocenters. The number of aryl methyl sites for hydroxylation is 1. The van der Waals surface area contributed by atoms with Crippen LogP contribution in [-0.2, 0) is 16.0 Å². The average molecular weight is 378 g/mol. The largest absolute Gasteiger partial charge is 0.479 e. The molecule has 0 spiro atoms. The Bertz CT molecular complexity index is 1010. The number of aliphatic carboxylic acids is 1. The summed E-state index contributed by atoms with van der Waals surface area (Å²) in [7, 11) is 0. The number of para-hydroxylation sites is 1. The van der Waals surface area contributed by atoms with Crippen LogP contribution in [0.2, 0.25) is 0 Å². The molecular weight excluding hydrogens is 356 g/mol. The molecule has 0 bridgehead atoms. The van der Waals surface area contributed by atoms with Crippen molar-refractivity contribution in [2.24, 2.45) is 0 Å². The molecular formula is C21H22N4O3. The molecule has 1 heterocycles. The first-order valence-corrected chi connectivity index (χ1v) is 8.93. The lowest BCUT2D eigenvalue weighted by Gasteiger charge is -2.18. The first-order valence-electron chi connectivity index (χ1n) is 8.93. The fourth-order valence-electron chi connectivity index (χ4n) is 3.06. The van der Waals surface area contributed by atoms with Gasteiger partial charge in [0.2, 0.25) is 5.91 Å². The number of carbonyl (C=O) groups is 2. The van der Waals surface area contributed by atoms with Crippen LogP contribution in [0.1, 0.15) is 34.1 Å². The lowest BCUT2D eigenvalue weighted by molar-refractivity contribution is -0.142. The number of rotatable bonds is 6. The molecule has 0 fully saturated rings. The zero-order valence-electron chi connectivity index (χ0n) is 16.0. The Labute approximate surface area is 163 Å². The quantitative estimate of drug-likeness (QED) is 0.687. The van der Waals surface area contributed by atoms with Crippen LogP contribution in [0.3, 0.4) is 0 Å². The Morgan fingerprint density at radius 1 is 1.07 bits per heavy atom. The fraction of sp³-hybridized carbons (Fsp3) is 0.238. The summed E-state index contributed by atoms with van der Waals surface area (Å²) in [6.07, 6.45) is -0.0483. The van der Waals surface area contributed by atoms with Crippen LogP contribution in [0, 0.1) is 20.8 Å². The maximum atomic E-state index is 12.5. The van der Waals surface area contributed by atoms with Crippen molar-refractivity contribution in [3.05, 3.63) is 76.6 Å². The van der Waals surface area contributed by atoms with Gasteiger partial charge in [-0.2, -0.15) is 0 Å². The van der Waals surface area contributed by atoms with E-state index in [1.807, 2.05) is 57.2 Å². The molecule has 1 amide bonds. The van der Waals surface area contributed by atoms with Gasteiger partial charge >= 0.3 is 5.97 Å². The number of amides is 1. The molecule has 28 heavy (non-hydrogen) atoms. The van der Waals surface area contributed by atoms with E-state index in [1.54, 1.807) is 16.8 Å². The third kappa shape index (κ3) is 3.93. The SMILES string of the molecule is Cc1cccc(C(NC(=O)Cc2nnn(-c3ccccc3)c2C)C(=O)O)c1C. The van der Waals surface area contributed by atoms with E-state index in [9.17, 15) is 14.7 Å². The van der Waals surface area contributed by atoms with Crippen molar-refractivity contribution < 1.29 is 14.7 Å². The van der Waals surface area contributed by atoms with Gasteiger partial charge in [0.15, 0.2) is 6.04 Å². The highest BCUT2D eigenvalue weighted by molar-refractivity contribution is 5.86. The fourth-order valence-corrected chi connectivity index (χ4v) is 3.06. The van der Waals surface area contributed by atoms with Crippen molar-refractivity contribution in [1.82, 2.24) is 20.3 Å². The smallest absolute Gasteiger partial charge is 0.330 e. The van der Waals surface area contributed by atoms with Gasteiger partial charge in [0, 0.05) is 0 Å². The highest BCUT2D eigenvalue weighted by Crippen LogP contribution is 2.21. The van der Waals surface area contributed by atoms with E-state index in [1.165, 1.54) is 0 Å². The van der Waals surface area contributed by atoms with Crippen LogP contribution >= 0.6 is 0 Å². The molecule has 0 saturated heterocycles. The second kappa shape index (κ2) is 8.04. The van der Waals surface area contributed by atoms with Gasteiger partial charge in [-0.05, 0) is 49.6 Å². The predicted octanol–water partition coefficient (Wildman–Crippen LogP) is 2.68. The highest BCUT2D eigenvalue weighted by Gasteiger charge is 2.25. The van der Waals surface area contributed by atoms with Crippen molar-refractivity contribution in [2.45, 2.75) is 33.2 Å². The minimum atomic E-state index is -1.11. The van der Waals surface area contributed by atoms with E-state index in [0.29, 0.717) is 11.3 Å². The number of nitrogens with one attached hydrogen (secondary N) is 1. The maximum absolute atomic E-state index is 12.5. The molecule has 0 aliphatic heterocycles. The maximum Gasteiger partial charge on any atom is 0.330 e. The van der Waals surface area contributed by atoms with Crippen molar-refractivity contribution >= 4 is 11.9 Å². The van der Waals surface area contributed by atoms with Crippen LogP contribution in [-0.4, -0.2) is 32.0 Å². The minimum Gasteiger partial charge on any atom is -0.479 e. The summed E-state index contributed by atoms with van der Waals surface area (Å²) in [5.41, 5.74) is 4.48. The van der Waals surface area contributed by atoms with E-state index in [4.69, 9.17) is 0 Å². The zero-order chi connectivity index (χ0) is 20.3. The number of carboxylic acid groups (broad SMARTS) is 1. The first kappa shape index (κ1) is 19.3. The second-order valence-corrected chi connectivity index (χ2v) is 6.67. The number of hydrogen-bond acceptors (Lipinski definition) is 4. The predicted molar refractivity (Wildman–Crippen MR) is 104 cm³/mol. The zero-order valence-corrected chi connectivity index (χ0v) is 16.0. The second-order valence-electron chi connectivity index (χ2n) is 6.67. The van der Waals surface area contributed by atoms with Crippen LogP contribution in [0.4, 0.5) is 0 Å². The van der Waals surface area contributed by atoms with Crippen LogP contribution in [0.25, 0.3) is 5.69 Å². The molecule has 0 aliphatic rings. The molecule has 0 radical (unpaired) electrons. The molecule has 1 unspecified atom stereocenters. The summed E-state index contributed by atoms with van der Waals surface area (Å²) >= 11 is 0. The van der Waals surface area contributed by atoms with Gasteiger partial charge in [0.25, 0.3) is 0 Å². The summed E-state index contributed by atoms with van der Waals surface area (Å²) in [5.74, 6) is -1.52. The standard InChI is InChI=1S/C21H22N4O3/c1-13-8-7-11-17(14(13)2)20(21(27)28)22-19(26)12-18-15(3)25(24-23-18)16-9-5-4-6-10-16/h4-11,20H,12H2,1-3H3,(H,22,26)(H,27,28). The third-order valence-electron chi connectivity index (χ3n) is 4.83. The van der Waals surface area contributed by atoms with Gasteiger partial charge < -0.3 is 10.4 Å². The van der Waals surface area contributed by atoms with Crippen LogP contribution in [0.15, 0.2) is 48.5 Å². The topological polar surface area (TPSA) is 97.1 Å². The lowest BCUT2D eigenvalue weighted by Crippen LogP contribution is -2.35. The van der Waals surface area contributed by atoms with Crippen molar-refractivity contribution in [3.8, 4) is 5.69 Å². The molecule has 3 rings (SSSR count). The van der Waals surface area contributed by atoms with Gasteiger partial charge in [0.1, 0.15) is 0 Å². The number of benzene rings is 2. The van der Waals surface area contributed by atoms with Crippen molar-refractivity contribution in [3.63, 3.8) is 0 Å².